The Morgan fingerprint density at radius 3 is 2.68 bits per heavy atom. The molecule has 0 spiro atoms. The van der Waals surface area contributed by atoms with Crippen LogP contribution in [0.15, 0.2) is 53.7 Å². The number of anilines is 1. The van der Waals surface area contributed by atoms with Crippen LogP contribution in [0.5, 0.6) is 0 Å². The number of nitrogens with zero attached hydrogens (tertiary/aromatic N) is 3. The van der Waals surface area contributed by atoms with E-state index >= 15 is 0 Å². The van der Waals surface area contributed by atoms with Crippen LogP contribution in [0.1, 0.15) is 31.5 Å². The van der Waals surface area contributed by atoms with Gasteiger partial charge < -0.3 is 5.32 Å². The van der Waals surface area contributed by atoms with Crippen LogP contribution < -0.4 is 5.32 Å². The Balaban J connectivity index is 1.53. The molecule has 1 fully saturated rings. The molecule has 0 bridgehead atoms. The number of nitrogens with one attached hydrogen (secondary N) is 1. The molecule has 0 aliphatic heterocycles. The highest BCUT2D eigenvalue weighted by Crippen LogP contribution is 2.41. The number of para-hydroxylation sites is 1. The van der Waals surface area contributed by atoms with Gasteiger partial charge in [-0.25, -0.2) is 4.39 Å². The number of hydrogen-bond donors (Lipinski definition) is 1. The van der Waals surface area contributed by atoms with Crippen LogP contribution in [0.4, 0.5) is 10.1 Å². The summed E-state index contributed by atoms with van der Waals surface area (Å²) < 4.78 is 15.3. The number of rotatable bonds is 6. The standard InChI is InChI=1S/C20H18ClFN4OS/c1-12(19(27)23-14-9-10-17(22)16(21)11-14)28-20-25-24-18(13-7-8-13)26(20)15-5-3-2-4-6-15/h2-6,9-13H,7-8H2,1H3,(H,23,27)/t12-/m0/s1. The number of halogens is 2. The fourth-order valence-electron chi connectivity index (χ4n) is 2.81. The molecule has 5 nitrogen and oxygen atoms in total. The predicted molar refractivity (Wildman–Crippen MR) is 109 cm³/mol. The summed E-state index contributed by atoms with van der Waals surface area (Å²) in [5, 5.41) is 11.7. The molecular formula is C20H18ClFN4OS. The second-order valence-electron chi connectivity index (χ2n) is 6.66. The van der Waals surface area contributed by atoms with E-state index in [0.29, 0.717) is 16.8 Å². The van der Waals surface area contributed by atoms with Gasteiger partial charge in [0.1, 0.15) is 11.6 Å². The predicted octanol–water partition coefficient (Wildman–Crippen LogP) is 5.06. The van der Waals surface area contributed by atoms with Crippen molar-refractivity contribution in [2.24, 2.45) is 0 Å². The van der Waals surface area contributed by atoms with Crippen LogP contribution in [-0.4, -0.2) is 25.9 Å². The highest BCUT2D eigenvalue weighted by atomic mass is 35.5. The normalized spacial score (nSPS) is 14.7. The third-order valence-corrected chi connectivity index (χ3v) is 5.79. The summed E-state index contributed by atoms with van der Waals surface area (Å²) >= 11 is 7.12. The van der Waals surface area contributed by atoms with Crippen LogP contribution in [0.2, 0.25) is 5.02 Å². The van der Waals surface area contributed by atoms with Gasteiger partial charge in [0, 0.05) is 17.3 Å². The van der Waals surface area contributed by atoms with Gasteiger partial charge in [-0.2, -0.15) is 0 Å². The minimum absolute atomic E-state index is 0.0315. The lowest BCUT2D eigenvalue weighted by atomic mass is 10.3. The van der Waals surface area contributed by atoms with Crippen LogP contribution >= 0.6 is 23.4 Å². The van der Waals surface area contributed by atoms with Crippen LogP contribution in [0, 0.1) is 5.82 Å². The average Bonchev–Trinajstić information content (AvgIpc) is 3.46. The Morgan fingerprint density at radius 1 is 1.25 bits per heavy atom. The largest absolute Gasteiger partial charge is 0.325 e. The van der Waals surface area contributed by atoms with Crippen LogP contribution in [-0.2, 0) is 4.79 Å². The summed E-state index contributed by atoms with van der Waals surface area (Å²) in [5.41, 5.74) is 1.43. The monoisotopic (exact) mass is 416 g/mol. The van der Waals surface area contributed by atoms with Crippen molar-refractivity contribution in [2.45, 2.75) is 36.1 Å². The molecule has 1 saturated carbocycles. The summed E-state index contributed by atoms with van der Waals surface area (Å²) in [5.74, 6) is 0.619. The first-order valence-electron chi connectivity index (χ1n) is 8.96. The maximum Gasteiger partial charge on any atom is 0.237 e. The van der Waals surface area contributed by atoms with Gasteiger partial charge in [0.05, 0.1) is 10.3 Å². The summed E-state index contributed by atoms with van der Waals surface area (Å²) in [6, 6.07) is 14.0. The summed E-state index contributed by atoms with van der Waals surface area (Å²) in [6.45, 7) is 1.80. The molecule has 1 heterocycles. The third-order valence-electron chi connectivity index (χ3n) is 4.45. The number of thioether (sulfide) groups is 1. The molecule has 1 atom stereocenters. The van der Waals surface area contributed by atoms with E-state index in [0.717, 1.165) is 24.4 Å². The minimum atomic E-state index is -0.523. The summed E-state index contributed by atoms with van der Waals surface area (Å²) in [7, 11) is 0. The van der Waals surface area contributed by atoms with E-state index in [4.69, 9.17) is 11.6 Å². The third kappa shape index (κ3) is 4.05. The molecule has 3 aromatic rings. The molecule has 1 aliphatic carbocycles. The SMILES string of the molecule is C[C@H](Sc1nnc(C2CC2)n1-c1ccccc1)C(=O)Nc1ccc(F)c(Cl)c1. The Labute approximate surface area is 171 Å². The van der Waals surface area contributed by atoms with E-state index in [-0.39, 0.29) is 10.9 Å². The second-order valence-corrected chi connectivity index (χ2v) is 8.38. The van der Waals surface area contributed by atoms with E-state index in [1.807, 2.05) is 34.9 Å². The van der Waals surface area contributed by atoms with E-state index in [9.17, 15) is 9.18 Å². The number of aromatic nitrogens is 3. The first-order chi connectivity index (χ1) is 13.5. The van der Waals surface area contributed by atoms with E-state index in [1.165, 1.54) is 30.0 Å². The maximum absolute atomic E-state index is 13.3. The van der Waals surface area contributed by atoms with Crippen molar-refractivity contribution in [2.75, 3.05) is 5.32 Å². The van der Waals surface area contributed by atoms with Crippen LogP contribution in [0.3, 0.4) is 0 Å². The average molecular weight is 417 g/mol. The van der Waals surface area contributed by atoms with Gasteiger partial charge in [0.15, 0.2) is 5.16 Å². The molecule has 144 valence electrons. The van der Waals surface area contributed by atoms with Gasteiger partial charge in [0.25, 0.3) is 0 Å². The molecule has 2 aromatic carbocycles. The van der Waals surface area contributed by atoms with Gasteiger partial charge in [-0.05, 0) is 50.1 Å². The second kappa shape index (κ2) is 7.93. The Kier molecular flexibility index (Phi) is 5.37. The van der Waals surface area contributed by atoms with E-state index in [1.54, 1.807) is 6.92 Å². The number of carbonyl (C=O) groups excluding carboxylic acids is 1. The van der Waals surface area contributed by atoms with Crippen LogP contribution in [0.25, 0.3) is 5.69 Å². The molecular weight excluding hydrogens is 399 g/mol. The zero-order valence-electron chi connectivity index (χ0n) is 15.1. The van der Waals surface area contributed by atoms with Crippen molar-refractivity contribution < 1.29 is 9.18 Å². The van der Waals surface area contributed by atoms with E-state index < -0.39 is 11.1 Å². The number of hydrogen-bond acceptors (Lipinski definition) is 4. The topological polar surface area (TPSA) is 59.8 Å². The summed E-state index contributed by atoms with van der Waals surface area (Å²) in [6.07, 6.45) is 2.22. The molecule has 0 saturated heterocycles. The quantitative estimate of drug-likeness (QED) is 0.571. The number of carbonyl (C=O) groups is 1. The zero-order chi connectivity index (χ0) is 19.7. The smallest absolute Gasteiger partial charge is 0.237 e. The maximum atomic E-state index is 13.3. The highest BCUT2D eigenvalue weighted by molar-refractivity contribution is 8.00. The van der Waals surface area contributed by atoms with Crippen molar-refractivity contribution in [3.05, 3.63) is 65.2 Å². The zero-order valence-corrected chi connectivity index (χ0v) is 16.7. The van der Waals surface area contributed by atoms with Gasteiger partial charge in [-0.15, -0.1) is 10.2 Å². The van der Waals surface area contributed by atoms with Gasteiger partial charge in [-0.1, -0.05) is 41.6 Å². The molecule has 0 unspecified atom stereocenters. The van der Waals surface area contributed by atoms with Crippen molar-refractivity contribution in [1.29, 1.82) is 0 Å². The first-order valence-corrected chi connectivity index (χ1v) is 10.2. The van der Waals surface area contributed by atoms with Crippen molar-refractivity contribution >= 4 is 35.0 Å². The number of benzene rings is 2. The van der Waals surface area contributed by atoms with Crippen molar-refractivity contribution in [3.63, 3.8) is 0 Å². The van der Waals surface area contributed by atoms with Crippen molar-refractivity contribution in [1.82, 2.24) is 14.8 Å². The lowest BCUT2D eigenvalue weighted by molar-refractivity contribution is -0.115. The van der Waals surface area contributed by atoms with E-state index in [2.05, 4.69) is 15.5 Å². The number of amides is 1. The Morgan fingerprint density at radius 2 is 2.00 bits per heavy atom. The highest BCUT2D eigenvalue weighted by Gasteiger charge is 2.31. The lowest BCUT2D eigenvalue weighted by Gasteiger charge is -2.14. The van der Waals surface area contributed by atoms with Gasteiger partial charge in [0.2, 0.25) is 5.91 Å². The molecule has 1 aromatic heterocycles. The molecule has 1 N–H and O–H groups in total. The molecule has 1 amide bonds. The minimum Gasteiger partial charge on any atom is -0.325 e. The molecule has 28 heavy (non-hydrogen) atoms. The molecule has 1 aliphatic rings. The fourth-order valence-corrected chi connectivity index (χ4v) is 3.87. The first kappa shape index (κ1) is 19.0. The lowest BCUT2D eigenvalue weighted by Crippen LogP contribution is -2.23. The summed E-state index contributed by atoms with van der Waals surface area (Å²) in [4.78, 5) is 12.6. The van der Waals surface area contributed by atoms with Gasteiger partial charge in [-0.3, -0.25) is 9.36 Å². The Hall–Kier alpha value is -2.38. The van der Waals surface area contributed by atoms with Gasteiger partial charge >= 0.3 is 0 Å². The molecule has 4 rings (SSSR count). The molecule has 0 radical (unpaired) electrons. The Bertz CT molecular complexity index is 1010. The van der Waals surface area contributed by atoms with Crippen molar-refractivity contribution in [3.8, 4) is 5.69 Å². The molecule has 8 heteroatoms. The fraction of sp³-hybridized carbons (Fsp3) is 0.250.